The molecule has 2 heteroatoms. The second-order valence-corrected chi connectivity index (χ2v) is 3.58. The number of ether oxygens (including phenoxy) is 1. The number of rotatable bonds is 4. The molecular formula is C12H17FO. The first-order chi connectivity index (χ1) is 6.69. The lowest BCUT2D eigenvalue weighted by Crippen LogP contribution is -1.98. The molecule has 1 aromatic carbocycles. The van der Waals surface area contributed by atoms with Gasteiger partial charge in [-0.2, -0.15) is 0 Å². The van der Waals surface area contributed by atoms with Crippen molar-refractivity contribution in [1.29, 1.82) is 0 Å². The maximum Gasteiger partial charge on any atom is 0.126 e. The van der Waals surface area contributed by atoms with E-state index in [1.54, 1.807) is 19.2 Å². The Morgan fingerprint density at radius 1 is 1.43 bits per heavy atom. The van der Waals surface area contributed by atoms with Crippen LogP contribution in [0.25, 0.3) is 0 Å². The lowest BCUT2D eigenvalue weighted by molar-refractivity contribution is 0.411. The Kier molecular flexibility index (Phi) is 3.93. The molecule has 78 valence electrons. The van der Waals surface area contributed by atoms with Crippen LogP contribution in [0.5, 0.6) is 5.75 Å². The van der Waals surface area contributed by atoms with E-state index in [0.29, 0.717) is 0 Å². The first-order valence-electron chi connectivity index (χ1n) is 5.02. The molecule has 1 rings (SSSR count). The van der Waals surface area contributed by atoms with Gasteiger partial charge in [0.2, 0.25) is 0 Å². The highest BCUT2D eigenvalue weighted by Crippen LogP contribution is 2.26. The fourth-order valence-electron chi connectivity index (χ4n) is 1.61. The molecule has 0 aliphatic heterocycles. The number of hydrogen-bond donors (Lipinski definition) is 0. The third kappa shape index (κ3) is 2.47. The lowest BCUT2D eigenvalue weighted by atomic mass is 9.96. The van der Waals surface area contributed by atoms with Crippen molar-refractivity contribution in [2.75, 3.05) is 7.11 Å². The molecule has 0 N–H and O–H groups in total. The molecule has 0 bridgehead atoms. The van der Waals surface area contributed by atoms with E-state index in [0.717, 1.165) is 24.2 Å². The van der Waals surface area contributed by atoms with Gasteiger partial charge in [0.05, 0.1) is 7.11 Å². The normalized spacial score (nSPS) is 12.6. The summed E-state index contributed by atoms with van der Waals surface area (Å²) in [7, 11) is 1.60. The minimum absolute atomic E-state index is 0.133. The zero-order chi connectivity index (χ0) is 10.6. The number of halogens is 1. The van der Waals surface area contributed by atoms with Crippen LogP contribution in [0.4, 0.5) is 4.39 Å². The van der Waals surface area contributed by atoms with E-state index in [9.17, 15) is 4.39 Å². The molecule has 0 aliphatic carbocycles. The van der Waals surface area contributed by atoms with Crippen molar-refractivity contribution in [2.24, 2.45) is 0 Å². The van der Waals surface area contributed by atoms with Crippen LogP contribution in [-0.2, 0) is 0 Å². The van der Waals surface area contributed by atoms with Crippen LogP contribution >= 0.6 is 0 Å². The van der Waals surface area contributed by atoms with E-state index < -0.39 is 0 Å². The van der Waals surface area contributed by atoms with Crippen molar-refractivity contribution < 1.29 is 9.13 Å². The van der Waals surface area contributed by atoms with Crippen LogP contribution in [0, 0.1) is 5.82 Å². The van der Waals surface area contributed by atoms with E-state index in [-0.39, 0.29) is 11.7 Å². The molecule has 0 saturated heterocycles. The maximum atomic E-state index is 13.4. The smallest absolute Gasteiger partial charge is 0.126 e. The third-order valence-electron chi connectivity index (χ3n) is 2.46. The van der Waals surface area contributed by atoms with E-state index in [1.807, 2.05) is 6.92 Å². The molecular weight excluding hydrogens is 179 g/mol. The highest BCUT2D eigenvalue weighted by atomic mass is 19.1. The average molecular weight is 196 g/mol. The summed E-state index contributed by atoms with van der Waals surface area (Å²) >= 11 is 0. The standard InChI is InChI=1S/C12H17FO/c1-4-5-9(2)11-8-10(14-3)6-7-12(11)13/h6-9H,4-5H2,1-3H3. The molecule has 0 aromatic heterocycles. The minimum atomic E-state index is -0.133. The van der Waals surface area contributed by atoms with Crippen LogP contribution in [0.3, 0.4) is 0 Å². The minimum Gasteiger partial charge on any atom is -0.497 e. The predicted molar refractivity (Wildman–Crippen MR) is 56.3 cm³/mol. The fourth-order valence-corrected chi connectivity index (χ4v) is 1.61. The molecule has 1 unspecified atom stereocenters. The Bertz CT molecular complexity index is 296. The second kappa shape index (κ2) is 4.99. The highest BCUT2D eigenvalue weighted by Gasteiger charge is 2.10. The number of hydrogen-bond acceptors (Lipinski definition) is 1. The molecule has 0 aliphatic rings. The molecule has 0 spiro atoms. The quantitative estimate of drug-likeness (QED) is 0.712. The third-order valence-corrected chi connectivity index (χ3v) is 2.46. The molecule has 1 atom stereocenters. The largest absolute Gasteiger partial charge is 0.497 e. The van der Waals surface area contributed by atoms with Gasteiger partial charge in [0.15, 0.2) is 0 Å². The molecule has 14 heavy (non-hydrogen) atoms. The highest BCUT2D eigenvalue weighted by molar-refractivity contribution is 5.31. The Hall–Kier alpha value is -1.05. The van der Waals surface area contributed by atoms with Crippen molar-refractivity contribution in [2.45, 2.75) is 32.6 Å². The van der Waals surface area contributed by atoms with Gasteiger partial charge in [0.25, 0.3) is 0 Å². The molecule has 0 fully saturated rings. The van der Waals surface area contributed by atoms with Gasteiger partial charge >= 0.3 is 0 Å². The van der Waals surface area contributed by atoms with Crippen LogP contribution in [-0.4, -0.2) is 7.11 Å². The van der Waals surface area contributed by atoms with Crippen molar-refractivity contribution in [3.05, 3.63) is 29.6 Å². The summed E-state index contributed by atoms with van der Waals surface area (Å²) in [6, 6.07) is 4.91. The number of methoxy groups -OCH3 is 1. The SMILES string of the molecule is CCCC(C)c1cc(OC)ccc1F. The van der Waals surface area contributed by atoms with Crippen molar-refractivity contribution >= 4 is 0 Å². The van der Waals surface area contributed by atoms with Gasteiger partial charge in [0.1, 0.15) is 11.6 Å². The zero-order valence-corrected chi connectivity index (χ0v) is 9.01. The molecule has 0 heterocycles. The monoisotopic (exact) mass is 196 g/mol. The van der Waals surface area contributed by atoms with Crippen LogP contribution in [0.1, 0.15) is 38.2 Å². The summed E-state index contributed by atoms with van der Waals surface area (Å²) in [5.41, 5.74) is 0.756. The first-order valence-corrected chi connectivity index (χ1v) is 5.02. The summed E-state index contributed by atoms with van der Waals surface area (Å²) in [5, 5.41) is 0. The van der Waals surface area contributed by atoms with E-state index in [2.05, 4.69) is 6.92 Å². The first kappa shape index (κ1) is 11.0. The summed E-state index contributed by atoms with van der Waals surface area (Å²) in [5.74, 6) is 0.853. The van der Waals surface area contributed by atoms with Crippen LogP contribution in [0.15, 0.2) is 18.2 Å². The predicted octanol–water partition coefficient (Wildman–Crippen LogP) is 3.74. The zero-order valence-electron chi connectivity index (χ0n) is 9.01. The van der Waals surface area contributed by atoms with Gasteiger partial charge in [-0.15, -0.1) is 0 Å². The molecule has 0 radical (unpaired) electrons. The molecule has 1 aromatic rings. The van der Waals surface area contributed by atoms with Gasteiger partial charge in [-0.25, -0.2) is 4.39 Å². The fraction of sp³-hybridized carbons (Fsp3) is 0.500. The summed E-state index contributed by atoms with van der Waals surface area (Å²) in [4.78, 5) is 0. The van der Waals surface area contributed by atoms with Gasteiger partial charge in [0, 0.05) is 0 Å². The van der Waals surface area contributed by atoms with Gasteiger partial charge in [-0.1, -0.05) is 20.3 Å². The Morgan fingerprint density at radius 2 is 2.14 bits per heavy atom. The van der Waals surface area contributed by atoms with Crippen LogP contribution < -0.4 is 4.74 Å². The van der Waals surface area contributed by atoms with Crippen molar-refractivity contribution in [3.63, 3.8) is 0 Å². The summed E-state index contributed by atoms with van der Waals surface area (Å²) < 4.78 is 18.5. The Labute approximate surface area is 84.9 Å². The average Bonchev–Trinajstić information content (AvgIpc) is 2.19. The lowest BCUT2D eigenvalue weighted by Gasteiger charge is -2.12. The molecule has 0 amide bonds. The van der Waals surface area contributed by atoms with Crippen molar-refractivity contribution in [1.82, 2.24) is 0 Å². The van der Waals surface area contributed by atoms with Crippen molar-refractivity contribution in [3.8, 4) is 5.75 Å². The van der Waals surface area contributed by atoms with E-state index >= 15 is 0 Å². The summed E-state index contributed by atoms with van der Waals surface area (Å²) in [6.07, 6.45) is 2.07. The maximum absolute atomic E-state index is 13.4. The van der Waals surface area contributed by atoms with E-state index in [1.165, 1.54) is 6.07 Å². The Morgan fingerprint density at radius 3 is 2.71 bits per heavy atom. The van der Waals surface area contributed by atoms with Gasteiger partial charge in [-0.05, 0) is 36.1 Å². The van der Waals surface area contributed by atoms with Crippen LogP contribution in [0.2, 0.25) is 0 Å². The molecule has 1 nitrogen and oxygen atoms in total. The molecule has 0 saturated carbocycles. The van der Waals surface area contributed by atoms with Gasteiger partial charge < -0.3 is 4.74 Å². The van der Waals surface area contributed by atoms with Gasteiger partial charge in [-0.3, -0.25) is 0 Å². The Balaban J connectivity index is 2.93. The second-order valence-electron chi connectivity index (χ2n) is 3.58. The topological polar surface area (TPSA) is 9.23 Å². The van der Waals surface area contributed by atoms with E-state index in [4.69, 9.17) is 4.74 Å². The number of benzene rings is 1. The summed E-state index contributed by atoms with van der Waals surface area (Å²) in [6.45, 7) is 4.15.